The number of carbonyl (C=O) groups is 1. The normalized spacial score (nSPS) is 13.2. The highest BCUT2D eigenvalue weighted by Gasteiger charge is 2.36. The van der Waals surface area contributed by atoms with Crippen LogP contribution in [-0.2, 0) is 11.0 Å². The summed E-state index contributed by atoms with van der Waals surface area (Å²) in [4.78, 5) is 12.6. The maximum Gasteiger partial charge on any atom is 0.454 e. The minimum Gasteiger partial charge on any atom is -0.383 e. The third-order valence-electron chi connectivity index (χ3n) is 2.62. The highest BCUT2D eigenvalue weighted by Crippen LogP contribution is 2.30. The van der Waals surface area contributed by atoms with Crippen LogP contribution in [0.3, 0.4) is 0 Å². The van der Waals surface area contributed by atoms with Crippen LogP contribution in [0.4, 0.5) is 32.0 Å². The molecule has 0 spiro atoms. The molecule has 0 fully saturated rings. The van der Waals surface area contributed by atoms with Crippen molar-refractivity contribution in [3.8, 4) is 0 Å². The molecule has 1 N–H and O–H groups in total. The highest BCUT2D eigenvalue weighted by atomic mass is 19.4. The second kappa shape index (κ2) is 7.41. The van der Waals surface area contributed by atoms with Crippen molar-refractivity contribution in [2.45, 2.75) is 12.4 Å². The third kappa shape index (κ3) is 6.35. The van der Waals surface area contributed by atoms with Gasteiger partial charge >= 0.3 is 12.4 Å². The summed E-state index contributed by atoms with van der Waals surface area (Å²) >= 11 is 0. The van der Waals surface area contributed by atoms with Crippen molar-refractivity contribution < 1.29 is 31.1 Å². The lowest BCUT2D eigenvalue weighted by Gasteiger charge is -2.12. The average Bonchev–Trinajstić information content (AvgIpc) is 2.43. The summed E-state index contributed by atoms with van der Waals surface area (Å²) in [6.07, 6.45) is -6.65. The molecule has 0 aromatic heterocycles. The van der Waals surface area contributed by atoms with Crippen molar-refractivity contribution in [1.82, 2.24) is 4.90 Å². The zero-order valence-electron chi connectivity index (χ0n) is 12.7. The zero-order chi connectivity index (χ0) is 18.5. The number of carbonyl (C=O) groups excluding carboxylic acids is 1. The van der Waals surface area contributed by atoms with E-state index in [2.05, 4.69) is 5.32 Å². The van der Waals surface area contributed by atoms with E-state index in [-0.39, 0.29) is 11.4 Å². The van der Waals surface area contributed by atoms with E-state index in [0.717, 1.165) is 24.3 Å². The van der Waals surface area contributed by atoms with Crippen LogP contribution in [-0.4, -0.2) is 31.0 Å². The summed E-state index contributed by atoms with van der Waals surface area (Å²) in [5, 5.41) is 2.48. The van der Waals surface area contributed by atoms with E-state index in [1.165, 1.54) is 17.2 Å². The lowest BCUT2D eigenvalue weighted by molar-refractivity contribution is -0.165. The molecule has 0 aliphatic heterocycles. The fourth-order valence-electron chi connectivity index (χ4n) is 1.49. The second-order valence-electron chi connectivity index (χ2n) is 4.94. The van der Waals surface area contributed by atoms with E-state index in [1.807, 2.05) is 0 Å². The highest BCUT2D eigenvalue weighted by molar-refractivity contribution is 5.95. The van der Waals surface area contributed by atoms with Gasteiger partial charge in [-0.25, -0.2) is 0 Å². The summed E-state index contributed by atoms with van der Waals surface area (Å²) < 4.78 is 74.5. The van der Waals surface area contributed by atoms with Crippen molar-refractivity contribution in [2.75, 3.05) is 19.4 Å². The Kier molecular flexibility index (Phi) is 6.05. The molecule has 132 valence electrons. The summed E-state index contributed by atoms with van der Waals surface area (Å²) in [5.41, 5.74) is -1.01. The van der Waals surface area contributed by atoms with Gasteiger partial charge in [0.2, 0.25) is 0 Å². The van der Waals surface area contributed by atoms with Gasteiger partial charge in [-0.2, -0.15) is 26.3 Å². The standard InChI is InChI=1S/C15H14F6N2O/c1-23(2)8-7-12(9-13(24)15(19,20)21)22-11-5-3-10(4-6-11)14(16,17)18/h3-9,22H,1-2H3/b8-7+,12-9?. The fourth-order valence-corrected chi connectivity index (χ4v) is 1.49. The molecule has 0 saturated heterocycles. The van der Waals surface area contributed by atoms with Crippen LogP contribution < -0.4 is 5.32 Å². The van der Waals surface area contributed by atoms with Gasteiger partial charge in [0.1, 0.15) is 0 Å². The number of nitrogens with zero attached hydrogens (tertiary/aromatic N) is 1. The lowest BCUT2D eigenvalue weighted by atomic mass is 10.2. The average molecular weight is 352 g/mol. The summed E-state index contributed by atoms with van der Waals surface area (Å²) in [6.45, 7) is 0. The van der Waals surface area contributed by atoms with Gasteiger partial charge < -0.3 is 10.2 Å². The van der Waals surface area contributed by atoms with E-state index in [0.29, 0.717) is 6.08 Å². The number of halogens is 6. The zero-order valence-corrected chi connectivity index (χ0v) is 12.7. The first-order valence-electron chi connectivity index (χ1n) is 6.51. The maximum atomic E-state index is 12.5. The third-order valence-corrected chi connectivity index (χ3v) is 2.62. The Balaban J connectivity index is 3.05. The van der Waals surface area contributed by atoms with Crippen molar-refractivity contribution >= 4 is 11.5 Å². The van der Waals surface area contributed by atoms with Crippen molar-refractivity contribution in [3.63, 3.8) is 0 Å². The van der Waals surface area contributed by atoms with Gasteiger partial charge in [-0.05, 0) is 30.3 Å². The van der Waals surface area contributed by atoms with Gasteiger partial charge in [0.15, 0.2) is 0 Å². The number of alkyl halides is 6. The Labute approximate surface area is 134 Å². The number of ketones is 1. The predicted octanol–water partition coefficient (Wildman–Crippen LogP) is 4.21. The van der Waals surface area contributed by atoms with Crippen LogP contribution in [0.25, 0.3) is 0 Å². The molecule has 0 aliphatic carbocycles. The Hall–Kier alpha value is -2.45. The van der Waals surface area contributed by atoms with E-state index in [4.69, 9.17) is 0 Å². The van der Waals surface area contributed by atoms with Gasteiger partial charge in [-0.3, -0.25) is 4.79 Å². The maximum absolute atomic E-state index is 12.5. The molecule has 1 rings (SSSR count). The van der Waals surface area contributed by atoms with Crippen molar-refractivity contribution in [2.24, 2.45) is 0 Å². The molecule has 0 bridgehead atoms. The van der Waals surface area contributed by atoms with Crippen LogP contribution in [0.2, 0.25) is 0 Å². The molecule has 0 atom stereocenters. The largest absolute Gasteiger partial charge is 0.454 e. The monoisotopic (exact) mass is 352 g/mol. The van der Waals surface area contributed by atoms with E-state index in [9.17, 15) is 31.1 Å². The number of allylic oxidation sites excluding steroid dienone is 2. The van der Waals surface area contributed by atoms with Gasteiger partial charge in [0, 0.05) is 37.8 Å². The summed E-state index contributed by atoms with van der Waals surface area (Å²) in [5.74, 6) is -2.08. The molecule has 24 heavy (non-hydrogen) atoms. The Morgan fingerprint density at radius 3 is 2.00 bits per heavy atom. The van der Waals surface area contributed by atoms with Crippen molar-refractivity contribution in [1.29, 1.82) is 0 Å². The molecular formula is C15H14F6N2O. The second-order valence-corrected chi connectivity index (χ2v) is 4.94. The molecule has 1 aromatic carbocycles. The fraction of sp³-hybridized carbons (Fsp3) is 0.267. The first kappa shape index (κ1) is 19.6. The molecule has 0 aliphatic rings. The first-order chi connectivity index (χ1) is 10.9. The number of hydrogen-bond acceptors (Lipinski definition) is 3. The van der Waals surface area contributed by atoms with Crippen LogP contribution in [0.15, 0.2) is 48.3 Å². The molecule has 0 unspecified atom stereocenters. The number of hydrogen-bond donors (Lipinski definition) is 1. The number of rotatable bonds is 5. The lowest BCUT2D eigenvalue weighted by Crippen LogP contribution is -2.21. The SMILES string of the molecule is CN(C)/C=C/C(=CC(=O)C(F)(F)F)Nc1ccc(C(F)(F)F)cc1. The number of nitrogens with one attached hydrogen (secondary N) is 1. The van der Waals surface area contributed by atoms with Gasteiger partial charge in [0.25, 0.3) is 5.78 Å². The van der Waals surface area contributed by atoms with Crippen LogP contribution in [0.1, 0.15) is 5.56 Å². The van der Waals surface area contributed by atoms with E-state index < -0.39 is 23.7 Å². The molecule has 9 heteroatoms. The Morgan fingerprint density at radius 1 is 1.04 bits per heavy atom. The van der Waals surface area contributed by atoms with Crippen molar-refractivity contribution in [3.05, 3.63) is 53.9 Å². The Bertz CT molecular complexity index is 627. The number of anilines is 1. The molecule has 1 aromatic rings. The van der Waals surface area contributed by atoms with Gasteiger partial charge in [-0.1, -0.05) is 0 Å². The Morgan fingerprint density at radius 2 is 1.58 bits per heavy atom. The van der Waals surface area contributed by atoms with E-state index in [1.54, 1.807) is 14.1 Å². The molecule has 0 radical (unpaired) electrons. The van der Waals surface area contributed by atoms with Gasteiger partial charge in [-0.15, -0.1) is 0 Å². The van der Waals surface area contributed by atoms with Gasteiger partial charge in [0.05, 0.1) is 5.56 Å². The molecular weight excluding hydrogens is 338 g/mol. The van der Waals surface area contributed by atoms with E-state index >= 15 is 0 Å². The summed E-state index contributed by atoms with van der Waals surface area (Å²) in [6, 6.07) is 3.67. The number of benzene rings is 1. The van der Waals surface area contributed by atoms with Crippen LogP contribution in [0, 0.1) is 0 Å². The topological polar surface area (TPSA) is 32.3 Å². The first-order valence-corrected chi connectivity index (χ1v) is 6.51. The van der Waals surface area contributed by atoms with Crippen LogP contribution >= 0.6 is 0 Å². The predicted molar refractivity (Wildman–Crippen MR) is 77.0 cm³/mol. The molecule has 0 heterocycles. The quantitative estimate of drug-likeness (QED) is 0.490. The minimum atomic E-state index is -5.04. The molecule has 3 nitrogen and oxygen atoms in total. The minimum absolute atomic E-state index is 0.104. The summed E-state index contributed by atoms with van der Waals surface area (Å²) in [7, 11) is 3.22. The molecule has 0 amide bonds. The molecule has 0 saturated carbocycles. The smallest absolute Gasteiger partial charge is 0.383 e. The van der Waals surface area contributed by atoms with Crippen LogP contribution in [0.5, 0.6) is 0 Å².